The molecule has 1 fully saturated rings. The highest BCUT2D eigenvalue weighted by molar-refractivity contribution is 7.09. The van der Waals surface area contributed by atoms with Gasteiger partial charge in [-0.3, -0.25) is 9.30 Å². The summed E-state index contributed by atoms with van der Waals surface area (Å²) in [6.07, 6.45) is 8.53. The van der Waals surface area contributed by atoms with Crippen LogP contribution in [0, 0.1) is 0 Å². The number of rotatable bonds is 6. The third-order valence-corrected chi connectivity index (χ3v) is 4.98. The molecule has 0 radical (unpaired) electrons. The lowest BCUT2D eigenvalue weighted by Crippen LogP contribution is -2.31. The summed E-state index contributed by atoms with van der Waals surface area (Å²) in [5, 5.41) is 2.13. The molecule has 3 aromatic rings. The van der Waals surface area contributed by atoms with Crippen LogP contribution < -0.4 is 0 Å². The Hall–Kier alpha value is -1.76. The van der Waals surface area contributed by atoms with E-state index in [9.17, 15) is 0 Å². The van der Waals surface area contributed by atoms with Crippen LogP contribution in [0.4, 0.5) is 0 Å². The molecule has 23 heavy (non-hydrogen) atoms. The number of aromatic nitrogens is 3. The van der Waals surface area contributed by atoms with E-state index < -0.39 is 0 Å². The second-order valence-electron chi connectivity index (χ2n) is 5.94. The Morgan fingerprint density at radius 3 is 3.13 bits per heavy atom. The van der Waals surface area contributed by atoms with Crippen LogP contribution in [0.2, 0.25) is 0 Å². The third kappa shape index (κ3) is 3.60. The van der Waals surface area contributed by atoms with E-state index in [0.717, 1.165) is 44.1 Å². The largest absolute Gasteiger partial charge is 0.377 e. The molecule has 4 rings (SSSR count). The Balaban J connectivity index is 1.51. The molecule has 1 atom stereocenters. The molecule has 1 aliphatic heterocycles. The molecule has 0 N–H and O–H groups in total. The molecular weight excluding hydrogens is 308 g/mol. The molecule has 1 saturated heterocycles. The number of fused-ring (bicyclic) bond motifs is 1. The van der Waals surface area contributed by atoms with Gasteiger partial charge in [-0.1, -0.05) is 6.07 Å². The van der Waals surface area contributed by atoms with Crippen molar-refractivity contribution in [1.29, 1.82) is 0 Å². The van der Waals surface area contributed by atoms with Crippen LogP contribution in [0.3, 0.4) is 0 Å². The van der Waals surface area contributed by atoms with E-state index >= 15 is 0 Å². The normalized spacial score (nSPS) is 18.2. The summed E-state index contributed by atoms with van der Waals surface area (Å²) in [7, 11) is 0. The van der Waals surface area contributed by atoms with E-state index in [2.05, 4.69) is 38.6 Å². The van der Waals surface area contributed by atoms with Crippen molar-refractivity contribution in [2.24, 2.45) is 0 Å². The molecule has 0 saturated carbocycles. The van der Waals surface area contributed by atoms with Gasteiger partial charge in [0.2, 0.25) is 5.78 Å². The number of ether oxygens (including phenoxy) is 1. The first-order valence-electron chi connectivity index (χ1n) is 8.02. The molecule has 4 heterocycles. The molecule has 0 unspecified atom stereocenters. The minimum Gasteiger partial charge on any atom is -0.377 e. The van der Waals surface area contributed by atoms with Gasteiger partial charge in [0.1, 0.15) is 0 Å². The predicted octanol–water partition coefficient (Wildman–Crippen LogP) is 2.97. The van der Waals surface area contributed by atoms with Crippen molar-refractivity contribution in [2.45, 2.75) is 32.0 Å². The first-order valence-corrected chi connectivity index (χ1v) is 8.90. The second-order valence-corrected chi connectivity index (χ2v) is 6.98. The van der Waals surface area contributed by atoms with E-state index in [1.807, 2.05) is 16.7 Å². The van der Waals surface area contributed by atoms with Crippen molar-refractivity contribution < 1.29 is 4.74 Å². The molecule has 0 amide bonds. The number of hydrogen-bond donors (Lipinski definition) is 0. The quantitative estimate of drug-likeness (QED) is 0.698. The van der Waals surface area contributed by atoms with Crippen molar-refractivity contribution in [2.75, 3.05) is 13.2 Å². The van der Waals surface area contributed by atoms with E-state index in [0.29, 0.717) is 6.10 Å². The SMILES string of the molecule is c1csc(CN(Cc2cn3cccnc3n2)C[C@H]2CCCO2)c1. The fourth-order valence-electron chi connectivity index (χ4n) is 3.07. The summed E-state index contributed by atoms with van der Waals surface area (Å²) in [4.78, 5) is 12.7. The topological polar surface area (TPSA) is 42.7 Å². The maximum atomic E-state index is 5.82. The number of thiophene rings is 1. The minimum absolute atomic E-state index is 0.352. The van der Waals surface area contributed by atoms with Crippen molar-refractivity contribution >= 4 is 17.1 Å². The smallest absolute Gasteiger partial charge is 0.233 e. The van der Waals surface area contributed by atoms with Gasteiger partial charge in [0, 0.05) is 49.7 Å². The van der Waals surface area contributed by atoms with Crippen LogP contribution in [0.25, 0.3) is 5.78 Å². The van der Waals surface area contributed by atoms with Gasteiger partial charge >= 0.3 is 0 Å². The van der Waals surface area contributed by atoms with Crippen LogP contribution in [-0.4, -0.2) is 38.5 Å². The van der Waals surface area contributed by atoms with Crippen LogP contribution in [-0.2, 0) is 17.8 Å². The monoisotopic (exact) mass is 328 g/mol. The lowest BCUT2D eigenvalue weighted by molar-refractivity contribution is 0.0679. The number of hydrogen-bond acceptors (Lipinski definition) is 5. The van der Waals surface area contributed by atoms with Crippen LogP contribution in [0.15, 0.2) is 42.2 Å². The highest BCUT2D eigenvalue weighted by Gasteiger charge is 2.20. The molecule has 3 aromatic heterocycles. The summed E-state index contributed by atoms with van der Waals surface area (Å²) in [6.45, 7) is 3.62. The Morgan fingerprint density at radius 1 is 1.35 bits per heavy atom. The van der Waals surface area contributed by atoms with Gasteiger partial charge in [-0.15, -0.1) is 11.3 Å². The van der Waals surface area contributed by atoms with Gasteiger partial charge < -0.3 is 4.74 Å². The summed E-state index contributed by atoms with van der Waals surface area (Å²) >= 11 is 1.80. The average molecular weight is 328 g/mol. The van der Waals surface area contributed by atoms with E-state index in [-0.39, 0.29) is 0 Å². The molecule has 1 aliphatic rings. The van der Waals surface area contributed by atoms with Crippen molar-refractivity contribution in [3.63, 3.8) is 0 Å². The third-order valence-electron chi connectivity index (χ3n) is 4.12. The first-order chi connectivity index (χ1) is 11.4. The van der Waals surface area contributed by atoms with Gasteiger partial charge in [-0.05, 0) is 30.4 Å². The molecule has 0 bridgehead atoms. The summed E-state index contributed by atoms with van der Waals surface area (Å²) in [5.41, 5.74) is 1.05. The Kier molecular flexibility index (Phi) is 4.37. The molecule has 0 aromatic carbocycles. The Morgan fingerprint density at radius 2 is 2.35 bits per heavy atom. The molecule has 120 valence electrons. The standard InChI is InChI=1S/C17H20N4OS/c1-4-15(22-8-1)12-20(13-16-5-2-9-23-16)10-14-11-21-7-3-6-18-17(21)19-14/h2-3,5-7,9,11,15H,1,4,8,10,12-13H2/t15-/m1/s1. The highest BCUT2D eigenvalue weighted by Crippen LogP contribution is 2.19. The lowest BCUT2D eigenvalue weighted by atomic mass is 10.2. The first kappa shape index (κ1) is 14.8. The lowest BCUT2D eigenvalue weighted by Gasteiger charge is -2.23. The average Bonchev–Trinajstić information content (AvgIpc) is 3.27. The summed E-state index contributed by atoms with van der Waals surface area (Å²) in [6, 6.07) is 6.23. The Labute approximate surface area is 139 Å². The molecular formula is C17H20N4OS. The van der Waals surface area contributed by atoms with Crippen molar-refractivity contribution in [3.8, 4) is 0 Å². The second kappa shape index (κ2) is 6.78. The van der Waals surface area contributed by atoms with Gasteiger partial charge in [0.25, 0.3) is 0 Å². The van der Waals surface area contributed by atoms with Crippen LogP contribution >= 0.6 is 11.3 Å². The molecule has 5 nitrogen and oxygen atoms in total. The zero-order valence-corrected chi connectivity index (χ0v) is 13.8. The van der Waals surface area contributed by atoms with Crippen LogP contribution in [0.1, 0.15) is 23.4 Å². The fraction of sp³-hybridized carbons (Fsp3) is 0.412. The van der Waals surface area contributed by atoms with E-state index in [1.54, 1.807) is 17.5 Å². The maximum Gasteiger partial charge on any atom is 0.233 e. The van der Waals surface area contributed by atoms with Crippen molar-refractivity contribution in [1.82, 2.24) is 19.3 Å². The van der Waals surface area contributed by atoms with Gasteiger partial charge in [0.15, 0.2) is 0 Å². The van der Waals surface area contributed by atoms with E-state index in [1.165, 1.54) is 11.3 Å². The zero-order chi connectivity index (χ0) is 15.5. The molecule has 6 heteroatoms. The van der Waals surface area contributed by atoms with Crippen molar-refractivity contribution in [3.05, 3.63) is 52.7 Å². The summed E-state index contributed by atoms with van der Waals surface area (Å²) < 4.78 is 7.80. The fourth-order valence-corrected chi connectivity index (χ4v) is 3.82. The van der Waals surface area contributed by atoms with Gasteiger partial charge in [-0.2, -0.15) is 0 Å². The maximum absolute atomic E-state index is 5.82. The predicted molar refractivity (Wildman–Crippen MR) is 90.4 cm³/mol. The van der Waals surface area contributed by atoms with E-state index in [4.69, 9.17) is 4.74 Å². The minimum atomic E-state index is 0.352. The van der Waals surface area contributed by atoms with Crippen LogP contribution in [0.5, 0.6) is 0 Å². The Bertz CT molecular complexity index is 716. The van der Waals surface area contributed by atoms with Gasteiger partial charge in [-0.25, -0.2) is 9.97 Å². The zero-order valence-electron chi connectivity index (χ0n) is 13.0. The summed E-state index contributed by atoms with van der Waals surface area (Å²) in [5.74, 6) is 0.760. The highest BCUT2D eigenvalue weighted by atomic mass is 32.1. The molecule has 0 aliphatic carbocycles. The number of nitrogens with zero attached hydrogens (tertiary/aromatic N) is 4. The number of imidazole rings is 1. The van der Waals surface area contributed by atoms with Gasteiger partial charge in [0.05, 0.1) is 11.8 Å². The molecule has 0 spiro atoms.